The number of nitrogens with zero attached hydrogens (tertiary/aromatic N) is 3. The average Bonchev–Trinajstić information content (AvgIpc) is 3.27. The molecule has 0 aliphatic carbocycles. The first-order chi connectivity index (χ1) is 12.6. The van der Waals surface area contributed by atoms with Crippen LogP contribution >= 0.6 is 22.6 Å². The number of aromatic nitrogens is 3. The second kappa shape index (κ2) is 6.79. The van der Waals surface area contributed by atoms with E-state index < -0.39 is 0 Å². The minimum atomic E-state index is -0.310. The third-order valence-electron chi connectivity index (χ3n) is 3.74. The summed E-state index contributed by atoms with van der Waals surface area (Å²) in [6, 6.07) is 16.2. The van der Waals surface area contributed by atoms with Crippen molar-refractivity contribution >= 4 is 45.2 Å². The predicted molar refractivity (Wildman–Crippen MR) is 105 cm³/mol. The van der Waals surface area contributed by atoms with E-state index in [-0.39, 0.29) is 11.7 Å². The molecule has 8 heteroatoms. The molecule has 0 aliphatic rings. The lowest BCUT2D eigenvalue weighted by atomic mass is 10.2. The molecule has 0 saturated carbocycles. The number of carbonyl (C=O) groups excluding carboxylic acids is 1. The van der Waals surface area contributed by atoms with Gasteiger partial charge in [-0.15, -0.1) is 10.2 Å². The molecule has 0 fully saturated rings. The van der Waals surface area contributed by atoms with E-state index in [1.165, 1.54) is 0 Å². The quantitative estimate of drug-likeness (QED) is 0.468. The summed E-state index contributed by atoms with van der Waals surface area (Å²) in [7, 11) is 1.62. The number of methoxy groups -OCH3 is 1. The highest BCUT2D eigenvalue weighted by Gasteiger charge is 2.12. The van der Waals surface area contributed by atoms with Crippen molar-refractivity contribution in [2.45, 2.75) is 0 Å². The molecule has 130 valence electrons. The number of halogens is 1. The monoisotopic (exact) mass is 460 g/mol. The Labute approximate surface area is 162 Å². The number of hydrogen-bond donors (Lipinski definition) is 1. The molecule has 1 N–H and O–H groups in total. The summed E-state index contributed by atoms with van der Waals surface area (Å²) < 4.78 is 11.1. The molecular weight excluding hydrogens is 447 g/mol. The number of rotatable bonds is 4. The van der Waals surface area contributed by atoms with Gasteiger partial charge in [-0.05, 0) is 77.2 Å². The first-order valence-electron chi connectivity index (χ1n) is 7.70. The fraction of sp³-hybridized carbons (Fsp3) is 0.0556. The maximum absolute atomic E-state index is 12.2. The number of furan rings is 1. The van der Waals surface area contributed by atoms with Crippen LogP contribution in [0, 0.1) is 3.77 Å². The number of anilines is 1. The summed E-state index contributed by atoms with van der Waals surface area (Å²) in [6.45, 7) is 0. The van der Waals surface area contributed by atoms with Gasteiger partial charge in [-0.1, -0.05) is 0 Å². The van der Waals surface area contributed by atoms with Crippen molar-refractivity contribution in [1.82, 2.24) is 15.0 Å². The molecule has 2 aromatic carbocycles. The van der Waals surface area contributed by atoms with Gasteiger partial charge in [0.1, 0.15) is 16.8 Å². The Morgan fingerprint density at radius 2 is 1.85 bits per heavy atom. The Morgan fingerprint density at radius 1 is 1.08 bits per heavy atom. The van der Waals surface area contributed by atoms with Gasteiger partial charge >= 0.3 is 0 Å². The van der Waals surface area contributed by atoms with E-state index in [1.54, 1.807) is 36.2 Å². The zero-order valence-corrected chi connectivity index (χ0v) is 15.8. The Kier molecular flexibility index (Phi) is 4.33. The van der Waals surface area contributed by atoms with E-state index in [9.17, 15) is 4.79 Å². The number of ether oxygens (including phenoxy) is 1. The third-order valence-corrected chi connectivity index (χ3v) is 4.32. The van der Waals surface area contributed by atoms with Gasteiger partial charge in [0.2, 0.25) is 0 Å². The molecule has 0 unspecified atom stereocenters. The van der Waals surface area contributed by atoms with Gasteiger partial charge in [0.15, 0.2) is 9.53 Å². The molecule has 0 bridgehead atoms. The van der Waals surface area contributed by atoms with Gasteiger partial charge in [0, 0.05) is 5.69 Å². The second-order valence-corrected chi connectivity index (χ2v) is 6.51. The highest BCUT2D eigenvalue weighted by Crippen LogP contribution is 2.20. The number of amides is 1. The number of benzene rings is 2. The van der Waals surface area contributed by atoms with Crippen LogP contribution in [0.1, 0.15) is 10.6 Å². The second-order valence-electron chi connectivity index (χ2n) is 5.45. The minimum Gasteiger partial charge on any atom is -0.497 e. The van der Waals surface area contributed by atoms with Crippen LogP contribution in [0.4, 0.5) is 5.69 Å². The number of nitrogens with one attached hydrogen (secondary N) is 1. The van der Waals surface area contributed by atoms with Crippen molar-refractivity contribution < 1.29 is 13.9 Å². The molecule has 0 atom stereocenters. The Balaban J connectivity index is 1.60. The van der Waals surface area contributed by atoms with Crippen LogP contribution < -0.4 is 10.1 Å². The maximum Gasteiger partial charge on any atom is 0.291 e. The fourth-order valence-electron chi connectivity index (χ4n) is 2.45. The van der Waals surface area contributed by atoms with E-state index in [0.717, 1.165) is 17.0 Å². The Hall–Kier alpha value is -2.88. The molecule has 4 rings (SSSR count). The zero-order chi connectivity index (χ0) is 18.1. The van der Waals surface area contributed by atoms with Crippen LogP contribution in [0.3, 0.4) is 0 Å². The van der Waals surface area contributed by atoms with Gasteiger partial charge in [-0.3, -0.25) is 4.79 Å². The molecule has 4 aromatic rings. The van der Waals surface area contributed by atoms with E-state index >= 15 is 0 Å². The van der Waals surface area contributed by atoms with E-state index in [2.05, 4.69) is 15.5 Å². The van der Waals surface area contributed by atoms with Gasteiger partial charge in [0.25, 0.3) is 5.91 Å². The van der Waals surface area contributed by atoms with E-state index in [0.29, 0.717) is 15.0 Å². The number of hydrogen-bond acceptors (Lipinski definition) is 5. The molecule has 0 aliphatic heterocycles. The maximum atomic E-state index is 12.2. The lowest BCUT2D eigenvalue weighted by Crippen LogP contribution is -2.10. The van der Waals surface area contributed by atoms with Crippen molar-refractivity contribution in [2.75, 3.05) is 12.4 Å². The first kappa shape index (κ1) is 16.6. The van der Waals surface area contributed by atoms with Crippen LogP contribution in [-0.4, -0.2) is 28.0 Å². The zero-order valence-electron chi connectivity index (χ0n) is 13.6. The van der Waals surface area contributed by atoms with Crippen LogP contribution in [0.25, 0.3) is 16.7 Å². The number of carbonyl (C=O) groups is 1. The first-order valence-corrected chi connectivity index (χ1v) is 8.78. The molecule has 2 heterocycles. The molecule has 26 heavy (non-hydrogen) atoms. The molecule has 0 radical (unpaired) electrons. The van der Waals surface area contributed by atoms with Crippen LogP contribution in [-0.2, 0) is 0 Å². The number of fused-ring (bicyclic) bond motifs is 1. The molecule has 0 spiro atoms. The summed E-state index contributed by atoms with van der Waals surface area (Å²) >= 11 is 2.01. The molecule has 7 nitrogen and oxygen atoms in total. The molecule has 2 aromatic heterocycles. The SMILES string of the molecule is COc1ccc(-n2nc3ccc(NC(=O)c4ccc(I)o4)cc3n2)cc1. The van der Waals surface area contributed by atoms with Crippen molar-refractivity contribution in [1.29, 1.82) is 0 Å². The van der Waals surface area contributed by atoms with Crippen LogP contribution in [0.15, 0.2) is 59.0 Å². The average molecular weight is 460 g/mol. The normalized spacial score (nSPS) is 10.8. The van der Waals surface area contributed by atoms with E-state index in [4.69, 9.17) is 9.15 Å². The van der Waals surface area contributed by atoms with Crippen molar-refractivity contribution in [3.63, 3.8) is 0 Å². The van der Waals surface area contributed by atoms with Gasteiger partial charge in [-0.2, -0.15) is 4.80 Å². The minimum absolute atomic E-state index is 0.261. The molecule has 0 saturated heterocycles. The highest BCUT2D eigenvalue weighted by atomic mass is 127. The molecule has 1 amide bonds. The summed E-state index contributed by atoms with van der Waals surface area (Å²) in [4.78, 5) is 13.7. The van der Waals surface area contributed by atoms with Crippen molar-refractivity contribution in [3.05, 3.63) is 64.1 Å². The Morgan fingerprint density at radius 3 is 2.54 bits per heavy atom. The smallest absolute Gasteiger partial charge is 0.291 e. The van der Waals surface area contributed by atoms with Gasteiger partial charge in [0.05, 0.1) is 12.8 Å². The van der Waals surface area contributed by atoms with Crippen molar-refractivity contribution in [3.8, 4) is 11.4 Å². The fourth-order valence-corrected chi connectivity index (χ4v) is 2.87. The van der Waals surface area contributed by atoms with Gasteiger partial charge in [-0.25, -0.2) is 0 Å². The summed E-state index contributed by atoms with van der Waals surface area (Å²) in [6.07, 6.45) is 0. The van der Waals surface area contributed by atoms with Crippen LogP contribution in [0.2, 0.25) is 0 Å². The summed E-state index contributed by atoms with van der Waals surface area (Å²) in [5.41, 5.74) is 2.84. The molecular formula is C18H13IN4O3. The predicted octanol–water partition coefficient (Wildman–Crippen LogP) is 3.88. The topological polar surface area (TPSA) is 82.2 Å². The largest absolute Gasteiger partial charge is 0.497 e. The lowest BCUT2D eigenvalue weighted by molar-refractivity contribution is 0.0995. The third kappa shape index (κ3) is 3.27. The Bertz CT molecular complexity index is 1090. The summed E-state index contributed by atoms with van der Waals surface area (Å²) in [5.74, 6) is 0.717. The van der Waals surface area contributed by atoms with E-state index in [1.807, 2.05) is 52.9 Å². The standard InChI is InChI=1S/C18H13IN4O3/c1-25-13-5-3-12(4-6-13)23-21-14-7-2-11(10-15(14)22-23)20-18(24)16-8-9-17(19)26-16/h2-10H,1H3,(H,20,24). The van der Waals surface area contributed by atoms with Gasteiger partial charge < -0.3 is 14.5 Å². The lowest BCUT2D eigenvalue weighted by Gasteiger charge is -2.02. The highest BCUT2D eigenvalue weighted by molar-refractivity contribution is 14.1. The van der Waals surface area contributed by atoms with Crippen molar-refractivity contribution in [2.24, 2.45) is 0 Å². The van der Waals surface area contributed by atoms with Crippen LogP contribution in [0.5, 0.6) is 5.75 Å². The summed E-state index contributed by atoms with van der Waals surface area (Å²) in [5, 5.41) is 11.7.